The third-order valence-corrected chi connectivity index (χ3v) is 8.73. The molecule has 0 atom stereocenters. The number of hydrogen-bond acceptors (Lipinski definition) is 13. The van der Waals surface area contributed by atoms with Crippen molar-refractivity contribution < 1.29 is 61.8 Å². The van der Waals surface area contributed by atoms with Crippen molar-refractivity contribution >= 4 is 47.4 Å². The summed E-state index contributed by atoms with van der Waals surface area (Å²) in [7, 11) is 13.6. The second-order valence-electron chi connectivity index (χ2n) is 12.6. The summed E-state index contributed by atoms with van der Waals surface area (Å²) in [4.78, 5) is 39.5. The molecule has 0 aliphatic carbocycles. The van der Waals surface area contributed by atoms with Gasteiger partial charge in [0.2, 0.25) is 29.1 Å². The van der Waals surface area contributed by atoms with Crippen molar-refractivity contribution in [3.63, 3.8) is 0 Å². The molecule has 0 saturated heterocycles. The molecule has 0 heterocycles. The molecule has 2 amide bonds. The summed E-state index contributed by atoms with van der Waals surface area (Å²) in [6.07, 6.45) is 18.4. The third-order valence-electron chi connectivity index (χ3n) is 8.73. The molecule has 63 heavy (non-hydrogen) atoms. The Hall–Kier alpha value is -8.07. The second kappa shape index (κ2) is 24.3. The largest absolute Gasteiger partial charge is 0.493 e. The second-order valence-corrected chi connectivity index (χ2v) is 12.6. The van der Waals surface area contributed by atoms with Crippen molar-refractivity contribution in [2.24, 2.45) is 0 Å². The number of hydrogen-bond donors (Lipinski definition) is 2. The standard InChI is InChI=1S/C48H50N2O13/c1-54-36-25-31(26-37(55-2)46(36)60-7)17-10-13-22-42(51)49-34-20-16-21-35(63-44(53)24-15-12-19-33-29-40(58-5)48(62-9)41(30-33)59-6)45(34)50-43(52)23-14-11-18-32-27-38(56-3)47(61-8)39(28-32)57-4/h10-30H,1-9H3,(H,49,51)(H,50,52). The number of allylic oxidation sites excluding steroid dienone is 6. The predicted molar refractivity (Wildman–Crippen MR) is 242 cm³/mol. The fourth-order valence-corrected chi connectivity index (χ4v) is 5.84. The summed E-state index contributed by atoms with van der Waals surface area (Å²) < 4.78 is 54.3. The molecule has 0 fully saturated rings. The number of nitrogens with one attached hydrogen (secondary N) is 2. The first-order valence-corrected chi connectivity index (χ1v) is 19.0. The number of rotatable bonds is 21. The zero-order valence-electron chi connectivity index (χ0n) is 36.4. The van der Waals surface area contributed by atoms with Gasteiger partial charge in [0.15, 0.2) is 40.2 Å². The summed E-state index contributed by atoms with van der Waals surface area (Å²) in [5, 5.41) is 5.47. The van der Waals surface area contributed by atoms with Crippen LogP contribution in [0.1, 0.15) is 16.7 Å². The van der Waals surface area contributed by atoms with Crippen LogP contribution < -0.4 is 58.0 Å². The first kappa shape index (κ1) is 47.6. The van der Waals surface area contributed by atoms with E-state index in [9.17, 15) is 14.4 Å². The van der Waals surface area contributed by atoms with E-state index in [0.29, 0.717) is 57.3 Å². The van der Waals surface area contributed by atoms with Crippen LogP contribution >= 0.6 is 0 Å². The van der Waals surface area contributed by atoms with Gasteiger partial charge in [0.25, 0.3) is 0 Å². The van der Waals surface area contributed by atoms with Crippen molar-refractivity contribution in [3.8, 4) is 57.5 Å². The lowest BCUT2D eigenvalue weighted by Crippen LogP contribution is -2.16. The Morgan fingerprint density at radius 3 is 1.11 bits per heavy atom. The van der Waals surface area contributed by atoms with Crippen LogP contribution in [-0.2, 0) is 14.4 Å². The molecule has 0 saturated carbocycles. The van der Waals surface area contributed by atoms with E-state index in [1.807, 2.05) is 0 Å². The van der Waals surface area contributed by atoms with Gasteiger partial charge in [0.1, 0.15) is 5.69 Å². The lowest BCUT2D eigenvalue weighted by Gasteiger charge is -2.14. The van der Waals surface area contributed by atoms with Crippen LogP contribution in [-0.4, -0.2) is 81.8 Å². The Morgan fingerprint density at radius 2 is 0.762 bits per heavy atom. The van der Waals surface area contributed by atoms with Crippen molar-refractivity contribution in [2.75, 3.05) is 74.6 Å². The highest BCUT2D eigenvalue weighted by Crippen LogP contribution is 2.41. The van der Waals surface area contributed by atoms with E-state index in [1.165, 1.54) is 107 Å². The molecule has 4 aromatic carbocycles. The Kier molecular flexibility index (Phi) is 18.3. The van der Waals surface area contributed by atoms with E-state index < -0.39 is 17.8 Å². The zero-order valence-corrected chi connectivity index (χ0v) is 36.4. The zero-order chi connectivity index (χ0) is 45.7. The molecule has 0 bridgehead atoms. The van der Waals surface area contributed by atoms with E-state index in [1.54, 1.807) is 85.0 Å². The average Bonchev–Trinajstić information content (AvgIpc) is 3.30. The number of esters is 1. The minimum atomic E-state index is -0.760. The highest BCUT2D eigenvalue weighted by atomic mass is 16.5. The summed E-state index contributed by atoms with van der Waals surface area (Å²) in [5.74, 6) is 2.23. The van der Waals surface area contributed by atoms with Crippen LogP contribution in [0.3, 0.4) is 0 Å². The van der Waals surface area contributed by atoms with Crippen LogP contribution in [0.15, 0.2) is 109 Å². The molecule has 0 radical (unpaired) electrons. The molecule has 15 nitrogen and oxygen atoms in total. The number of methoxy groups -OCH3 is 9. The van der Waals surface area contributed by atoms with E-state index in [2.05, 4.69) is 10.6 Å². The number of carbonyl (C=O) groups excluding carboxylic acids is 3. The maximum atomic E-state index is 13.3. The van der Waals surface area contributed by atoms with Gasteiger partial charge in [0.05, 0.1) is 69.7 Å². The highest BCUT2D eigenvalue weighted by Gasteiger charge is 2.17. The van der Waals surface area contributed by atoms with Crippen molar-refractivity contribution in [1.29, 1.82) is 0 Å². The maximum absolute atomic E-state index is 13.3. The van der Waals surface area contributed by atoms with E-state index in [0.717, 1.165) is 11.1 Å². The first-order chi connectivity index (χ1) is 30.6. The monoisotopic (exact) mass is 862 g/mol. The Morgan fingerprint density at radius 1 is 0.413 bits per heavy atom. The van der Waals surface area contributed by atoms with Crippen molar-refractivity contribution in [2.45, 2.75) is 0 Å². The van der Waals surface area contributed by atoms with E-state index in [4.69, 9.17) is 47.4 Å². The number of para-hydroxylation sites is 1. The average molecular weight is 863 g/mol. The summed E-state index contributed by atoms with van der Waals surface area (Å²) >= 11 is 0. The number of benzene rings is 4. The van der Waals surface area contributed by atoms with Gasteiger partial charge in [-0.25, -0.2) is 4.79 Å². The minimum absolute atomic E-state index is 0.0305. The molecule has 0 unspecified atom stereocenters. The summed E-state index contributed by atoms with van der Waals surface area (Å²) in [6.45, 7) is 0. The lowest BCUT2D eigenvalue weighted by molar-refractivity contribution is -0.129. The maximum Gasteiger partial charge on any atom is 0.336 e. The summed E-state index contributed by atoms with van der Waals surface area (Å²) in [5.41, 5.74) is 2.35. The Bertz CT molecular complexity index is 2240. The van der Waals surface area contributed by atoms with E-state index in [-0.39, 0.29) is 17.1 Å². The molecular weight excluding hydrogens is 813 g/mol. The van der Waals surface area contributed by atoms with E-state index >= 15 is 0 Å². The van der Waals surface area contributed by atoms with Gasteiger partial charge >= 0.3 is 5.97 Å². The molecule has 2 N–H and O–H groups in total. The molecule has 4 rings (SSSR count). The fourth-order valence-electron chi connectivity index (χ4n) is 5.84. The van der Waals surface area contributed by atoms with Crippen molar-refractivity contribution in [1.82, 2.24) is 0 Å². The molecule has 4 aromatic rings. The number of ether oxygens (including phenoxy) is 10. The van der Waals surface area contributed by atoms with Crippen LogP contribution in [0, 0.1) is 0 Å². The van der Waals surface area contributed by atoms with Gasteiger partial charge in [0, 0.05) is 18.2 Å². The molecule has 330 valence electrons. The SMILES string of the molecule is COc1cc(C=CC=CC(=O)Nc2cccc(OC(=O)C=CC=Cc3cc(OC)c(OC)c(OC)c3)c2NC(=O)C=CC=Cc2cc(OC)c(OC)c(OC)c2)cc(OC)c1OC. The number of amides is 2. The predicted octanol–water partition coefficient (Wildman–Crippen LogP) is 8.36. The van der Waals surface area contributed by atoms with Crippen LogP contribution in [0.25, 0.3) is 18.2 Å². The molecule has 0 aliphatic heterocycles. The van der Waals surface area contributed by atoms with Gasteiger partial charge in [-0.1, -0.05) is 60.8 Å². The van der Waals surface area contributed by atoms with Crippen LogP contribution in [0.2, 0.25) is 0 Å². The topological polar surface area (TPSA) is 168 Å². The first-order valence-electron chi connectivity index (χ1n) is 19.0. The Balaban J connectivity index is 1.56. The highest BCUT2D eigenvalue weighted by molar-refractivity contribution is 6.08. The number of carbonyl (C=O) groups is 3. The van der Waals surface area contributed by atoms with Gasteiger partial charge in [-0.15, -0.1) is 0 Å². The Labute approximate surface area is 366 Å². The molecule has 15 heteroatoms. The molecule has 0 spiro atoms. The number of anilines is 2. The summed E-state index contributed by atoms with van der Waals surface area (Å²) in [6, 6.07) is 15.1. The van der Waals surface area contributed by atoms with Gasteiger partial charge in [-0.3, -0.25) is 9.59 Å². The van der Waals surface area contributed by atoms with Gasteiger partial charge in [-0.05, 0) is 65.2 Å². The van der Waals surface area contributed by atoms with Gasteiger partial charge < -0.3 is 58.0 Å². The van der Waals surface area contributed by atoms with Crippen LogP contribution in [0.5, 0.6) is 57.5 Å². The fraction of sp³-hybridized carbons (Fsp3) is 0.188. The minimum Gasteiger partial charge on any atom is -0.493 e. The molecular formula is C48H50N2O13. The van der Waals surface area contributed by atoms with Crippen LogP contribution in [0.4, 0.5) is 11.4 Å². The van der Waals surface area contributed by atoms with Gasteiger partial charge in [-0.2, -0.15) is 0 Å². The normalized spacial score (nSPS) is 11.4. The lowest BCUT2D eigenvalue weighted by atomic mass is 10.1. The molecule has 0 aromatic heterocycles. The van der Waals surface area contributed by atoms with Crippen molar-refractivity contribution in [3.05, 3.63) is 126 Å². The molecule has 0 aliphatic rings. The third kappa shape index (κ3) is 13.2. The quantitative estimate of drug-likeness (QED) is 0.0355. The smallest absolute Gasteiger partial charge is 0.336 e.